The Labute approximate surface area is 203 Å². The number of hydrogen-bond acceptors (Lipinski definition) is 4. The maximum atomic E-state index is 13.4. The van der Waals surface area contributed by atoms with Crippen LogP contribution in [0.25, 0.3) is 10.9 Å². The van der Waals surface area contributed by atoms with Crippen molar-refractivity contribution in [2.45, 2.75) is 32.7 Å². The molecular formula is C28H27N3O4. The maximum Gasteiger partial charge on any atom is 0.278 e. The summed E-state index contributed by atoms with van der Waals surface area (Å²) >= 11 is 0. The lowest BCUT2D eigenvalue weighted by molar-refractivity contribution is -0.383. The molecule has 4 aromatic rings. The number of fused-ring (bicyclic) bond motifs is 1. The van der Waals surface area contributed by atoms with Gasteiger partial charge in [0.1, 0.15) is 5.56 Å². The summed E-state index contributed by atoms with van der Waals surface area (Å²) in [6, 6.07) is 23.8. The molecule has 0 fully saturated rings. The van der Waals surface area contributed by atoms with Crippen LogP contribution in [-0.2, 0) is 25.8 Å². The summed E-state index contributed by atoms with van der Waals surface area (Å²) in [5, 5.41) is 14.7. The molecule has 0 aliphatic carbocycles. The Morgan fingerprint density at radius 3 is 2.29 bits per heavy atom. The van der Waals surface area contributed by atoms with Crippen LogP contribution in [0.15, 0.2) is 83.7 Å². The van der Waals surface area contributed by atoms with Crippen molar-refractivity contribution in [1.29, 1.82) is 0 Å². The number of amides is 1. The van der Waals surface area contributed by atoms with Gasteiger partial charge in [0, 0.05) is 19.2 Å². The van der Waals surface area contributed by atoms with Crippen molar-refractivity contribution in [3.8, 4) is 0 Å². The van der Waals surface area contributed by atoms with E-state index >= 15 is 0 Å². The Hall–Kier alpha value is -4.26. The molecule has 7 heteroatoms. The second-order valence-electron chi connectivity index (χ2n) is 8.39. The number of carbonyl (C=O) groups excluding carboxylic acids is 1. The molecule has 1 N–H and O–H groups in total. The van der Waals surface area contributed by atoms with E-state index in [1.165, 1.54) is 22.3 Å². The summed E-state index contributed by atoms with van der Waals surface area (Å²) in [4.78, 5) is 37.6. The van der Waals surface area contributed by atoms with Gasteiger partial charge in [0.05, 0.1) is 15.8 Å². The van der Waals surface area contributed by atoms with E-state index in [-0.39, 0.29) is 16.6 Å². The number of rotatable bonds is 9. The zero-order valence-corrected chi connectivity index (χ0v) is 19.6. The number of carbonyl (C=O) groups is 1. The molecule has 7 nitrogen and oxygen atoms in total. The Kier molecular flexibility index (Phi) is 7.35. The van der Waals surface area contributed by atoms with Crippen LogP contribution >= 0.6 is 0 Å². The second-order valence-corrected chi connectivity index (χ2v) is 8.39. The lowest BCUT2D eigenvalue weighted by atomic mass is 10.1. The highest BCUT2D eigenvalue weighted by Crippen LogP contribution is 2.25. The van der Waals surface area contributed by atoms with Crippen molar-refractivity contribution < 1.29 is 9.72 Å². The van der Waals surface area contributed by atoms with Gasteiger partial charge in [-0.2, -0.15) is 0 Å². The molecule has 0 aliphatic heterocycles. The van der Waals surface area contributed by atoms with Crippen LogP contribution in [0.4, 0.5) is 5.69 Å². The Morgan fingerprint density at radius 2 is 1.60 bits per heavy atom. The number of benzene rings is 3. The van der Waals surface area contributed by atoms with Crippen LogP contribution in [0.2, 0.25) is 0 Å². The smallest absolute Gasteiger partial charge is 0.278 e. The first-order chi connectivity index (χ1) is 17.0. The predicted octanol–water partition coefficient (Wildman–Crippen LogP) is 4.69. The number of nitrogens with one attached hydrogen (secondary N) is 1. The predicted molar refractivity (Wildman–Crippen MR) is 137 cm³/mol. The topological polar surface area (TPSA) is 94.2 Å². The van der Waals surface area contributed by atoms with E-state index in [4.69, 9.17) is 0 Å². The molecule has 0 atom stereocenters. The third-order valence-electron chi connectivity index (χ3n) is 6.15. The number of nitro benzene ring substituents is 1. The molecule has 178 valence electrons. The normalized spacial score (nSPS) is 10.9. The van der Waals surface area contributed by atoms with Gasteiger partial charge in [0.25, 0.3) is 17.2 Å². The summed E-state index contributed by atoms with van der Waals surface area (Å²) in [5.74, 6) is -0.535. The van der Waals surface area contributed by atoms with Crippen LogP contribution in [0.5, 0.6) is 0 Å². The van der Waals surface area contributed by atoms with Gasteiger partial charge >= 0.3 is 0 Å². The highest BCUT2D eigenvalue weighted by molar-refractivity contribution is 5.99. The van der Waals surface area contributed by atoms with Crippen molar-refractivity contribution in [3.63, 3.8) is 0 Å². The molecule has 1 amide bonds. The SMILES string of the molecule is CCc1ccc(CCn2c(=O)c(C(=O)NCCc3ccccc3)cc3c([N+](=O)[O-])cccc32)cc1. The fourth-order valence-electron chi connectivity index (χ4n) is 4.17. The number of nitrogens with zero attached hydrogens (tertiary/aromatic N) is 2. The van der Waals surface area contributed by atoms with Crippen LogP contribution in [0, 0.1) is 10.1 Å². The number of aromatic nitrogens is 1. The Balaban J connectivity index is 1.66. The van der Waals surface area contributed by atoms with Gasteiger partial charge < -0.3 is 9.88 Å². The molecule has 0 unspecified atom stereocenters. The van der Waals surface area contributed by atoms with Crippen LogP contribution in [0.1, 0.15) is 34.0 Å². The molecule has 1 aromatic heterocycles. The highest BCUT2D eigenvalue weighted by Gasteiger charge is 2.20. The van der Waals surface area contributed by atoms with Crippen LogP contribution in [0.3, 0.4) is 0 Å². The lowest BCUT2D eigenvalue weighted by Gasteiger charge is -2.14. The van der Waals surface area contributed by atoms with E-state index in [0.717, 1.165) is 17.5 Å². The fraction of sp³-hybridized carbons (Fsp3) is 0.214. The Bertz CT molecular complexity index is 1410. The minimum Gasteiger partial charge on any atom is -0.352 e. The molecule has 4 rings (SSSR count). The molecule has 0 bridgehead atoms. The zero-order valence-electron chi connectivity index (χ0n) is 19.6. The molecule has 0 saturated heterocycles. The number of aryl methyl sites for hydroxylation is 3. The van der Waals surface area contributed by atoms with E-state index in [0.29, 0.717) is 31.4 Å². The van der Waals surface area contributed by atoms with Gasteiger partial charge in [-0.05, 0) is 48.1 Å². The van der Waals surface area contributed by atoms with Crippen LogP contribution < -0.4 is 10.9 Å². The molecule has 3 aromatic carbocycles. The van der Waals surface area contributed by atoms with Crippen LogP contribution in [-0.4, -0.2) is 21.9 Å². The van der Waals surface area contributed by atoms with Gasteiger partial charge in [-0.15, -0.1) is 0 Å². The van der Waals surface area contributed by atoms with Crippen molar-refractivity contribution >= 4 is 22.5 Å². The van der Waals surface area contributed by atoms with E-state index in [2.05, 4.69) is 24.4 Å². The zero-order chi connectivity index (χ0) is 24.8. The third kappa shape index (κ3) is 5.46. The number of pyridine rings is 1. The maximum absolute atomic E-state index is 13.4. The van der Waals surface area contributed by atoms with Gasteiger partial charge in [-0.3, -0.25) is 19.7 Å². The average molecular weight is 470 g/mol. The van der Waals surface area contributed by atoms with E-state index in [9.17, 15) is 19.7 Å². The van der Waals surface area contributed by atoms with Gasteiger partial charge in [0.2, 0.25) is 0 Å². The monoisotopic (exact) mass is 469 g/mol. The second kappa shape index (κ2) is 10.8. The molecule has 35 heavy (non-hydrogen) atoms. The highest BCUT2D eigenvalue weighted by atomic mass is 16.6. The third-order valence-corrected chi connectivity index (χ3v) is 6.15. The minimum atomic E-state index is -0.535. The summed E-state index contributed by atoms with van der Waals surface area (Å²) in [6.07, 6.45) is 2.11. The quantitative estimate of drug-likeness (QED) is 0.284. The summed E-state index contributed by atoms with van der Waals surface area (Å²) in [7, 11) is 0. The fourth-order valence-corrected chi connectivity index (χ4v) is 4.17. The first-order valence-corrected chi connectivity index (χ1v) is 11.7. The standard InChI is InChI=1S/C28H27N3O4/c1-2-20-11-13-22(14-12-20)16-18-30-25-9-6-10-26(31(34)35)23(25)19-24(28(30)33)27(32)29-17-15-21-7-4-3-5-8-21/h3-14,19H,2,15-18H2,1H3,(H,29,32). The minimum absolute atomic E-state index is 0.0961. The van der Waals surface area contributed by atoms with Gasteiger partial charge in [0.15, 0.2) is 0 Å². The molecule has 1 heterocycles. The summed E-state index contributed by atoms with van der Waals surface area (Å²) in [6.45, 7) is 2.73. The molecule has 0 radical (unpaired) electrons. The number of non-ortho nitro benzene ring substituents is 1. The summed E-state index contributed by atoms with van der Waals surface area (Å²) in [5.41, 5.74) is 3.08. The summed E-state index contributed by atoms with van der Waals surface area (Å²) < 4.78 is 1.47. The largest absolute Gasteiger partial charge is 0.352 e. The van der Waals surface area contributed by atoms with E-state index < -0.39 is 16.4 Å². The van der Waals surface area contributed by atoms with E-state index in [1.54, 1.807) is 12.1 Å². The van der Waals surface area contributed by atoms with E-state index in [1.807, 2.05) is 42.5 Å². The number of nitro groups is 1. The molecule has 0 saturated carbocycles. The van der Waals surface area contributed by atoms with Crippen molar-refractivity contribution in [1.82, 2.24) is 9.88 Å². The van der Waals surface area contributed by atoms with Crippen molar-refractivity contribution in [2.24, 2.45) is 0 Å². The van der Waals surface area contributed by atoms with Crippen molar-refractivity contribution in [2.75, 3.05) is 6.54 Å². The van der Waals surface area contributed by atoms with Crippen molar-refractivity contribution in [3.05, 3.63) is 122 Å². The Morgan fingerprint density at radius 1 is 0.914 bits per heavy atom. The first-order valence-electron chi connectivity index (χ1n) is 11.7. The molecular weight excluding hydrogens is 442 g/mol. The lowest BCUT2D eigenvalue weighted by Crippen LogP contribution is -2.34. The number of hydrogen-bond donors (Lipinski definition) is 1. The molecule has 0 aliphatic rings. The molecule has 0 spiro atoms. The first kappa shape index (κ1) is 23.9. The van der Waals surface area contributed by atoms with Gasteiger partial charge in [-0.25, -0.2) is 0 Å². The average Bonchev–Trinajstić information content (AvgIpc) is 2.88. The van der Waals surface area contributed by atoms with Gasteiger partial charge in [-0.1, -0.05) is 67.6 Å².